The van der Waals surface area contributed by atoms with Gasteiger partial charge in [0, 0.05) is 5.41 Å². The van der Waals surface area contributed by atoms with E-state index in [1.54, 1.807) is 12.1 Å². The number of ether oxygens (including phenoxy) is 1. The fourth-order valence-electron chi connectivity index (χ4n) is 4.04. The van der Waals surface area contributed by atoms with Crippen LogP contribution in [0.1, 0.15) is 30.0 Å². The first-order chi connectivity index (χ1) is 15.1. The second-order valence-electron chi connectivity index (χ2n) is 7.48. The maximum absolute atomic E-state index is 12.9. The van der Waals surface area contributed by atoms with Crippen LogP contribution in [0.25, 0.3) is 0 Å². The van der Waals surface area contributed by atoms with Crippen LogP contribution in [0.15, 0.2) is 77.9 Å². The van der Waals surface area contributed by atoms with Crippen molar-refractivity contribution < 1.29 is 14.6 Å². The van der Waals surface area contributed by atoms with Gasteiger partial charge in [0.15, 0.2) is 11.5 Å². The quantitative estimate of drug-likeness (QED) is 0.410. The SMILES string of the molecule is CCOc1cc(/C=N\NC(=O)[C@H]2CC2(c2ccccc2)c2ccccc2)cc(Cl)c1O. The number of hydrogen-bond donors (Lipinski definition) is 2. The summed E-state index contributed by atoms with van der Waals surface area (Å²) in [6.07, 6.45) is 2.21. The van der Waals surface area contributed by atoms with Crippen LogP contribution in [0.4, 0.5) is 0 Å². The highest BCUT2D eigenvalue weighted by Gasteiger charge is 2.60. The Labute approximate surface area is 186 Å². The third-order valence-corrected chi connectivity index (χ3v) is 5.88. The number of amides is 1. The van der Waals surface area contributed by atoms with E-state index >= 15 is 0 Å². The van der Waals surface area contributed by atoms with Crippen molar-refractivity contribution in [3.8, 4) is 11.5 Å². The minimum absolute atomic E-state index is 0.113. The number of phenolic OH excluding ortho intramolecular Hbond substituents is 1. The molecule has 5 nitrogen and oxygen atoms in total. The lowest BCUT2D eigenvalue weighted by Gasteiger charge is -2.18. The fourth-order valence-corrected chi connectivity index (χ4v) is 4.26. The first kappa shape index (κ1) is 20.9. The molecule has 2 N–H and O–H groups in total. The number of benzene rings is 3. The van der Waals surface area contributed by atoms with Gasteiger partial charge < -0.3 is 9.84 Å². The highest BCUT2D eigenvalue weighted by Crippen LogP contribution is 2.58. The smallest absolute Gasteiger partial charge is 0.244 e. The number of nitrogens with zero attached hydrogens (tertiary/aromatic N) is 1. The van der Waals surface area contributed by atoms with E-state index in [1.807, 2.05) is 43.3 Å². The van der Waals surface area contributed by atoms with Crippen molar-refractivity contribution in [3.63, 3.8) is 0 Å². The Kier molecular flexibility index (Phi) is 5.96. The van der Waals surface area contributed by atoms with Gasteiger partial charge in [0.2, 0.25) is 5.91 Å². The lowest BCUT2D eigenvalue weighted by atomic mass is 9.85. The Morgan fingerprint density at radius 1 is 1.16 bits per heavy atom. The van der Waals surface area contributed by atoms with Crippen LogP contribution in [0.5, 0.6) is 11.5 Å². The van der Waals surface area contributed by atoms with Crippen LogP contribution in [-0.2, 0) is 10.2 Å². The van der Waals surface area contributed by atoms with Crippen molar-refractivity contribution in [1.82, 2.24) is 5.43 Å². The van der Waals surface area contributed by atoms with E-state index in [4.69, 9.17) is 16.3 Å². The molecule has 6 heteroatoms. The van der Waals surface area contributed by atoms with Gasteiger partial charge in [-0.2, -0.15) is 5.10 Å². The van der Waals surface area contributed by atoms with E-state index in [2.05, 4.69) is 34.8 Å². The zero-order chi connectivity index (χ0) is 21.8. The Morgan fingerprint density at radius 2 is 1.77 bits per heavy atom. The number of nitrogens with one attached hydrogen (secondary N) is 1. The number of aromatic hydroxyl groups is 1. The largest absolute Gasteiger partial charge is 0.503 e. The van der Waals surface area contributed by atoms with Crippen LogP contribution >= 0.6 is 11.6 Å². The molecule has 3 aromatic carbocycles. The first-order valence-electron chi connectivity index (χ1n) is 10.2. The molecule has 1 aliphatic rings. The molecule has 3 aromatic rings. The highest BCUT2D eigenvalue weighted by molar-refractivity contribution is 6.32. The highest BCUT2D eigenvalue weighted by atomic mass is 35.5. The molecule has 0 radical (unpaired) electrons. The van der Waals surface area contributed by atoms with Crippen LogP contribution in [0.2, 0.25) is 5.02 Å². The topological polar surface area (TPSA) is 70.9 Å². The van der Waals surface area contributed by atoms with Gasteiger partial charge in [0.05, 0.1) is 23.8 Å². The molecule has 0 aromatic heterocycles. The summed E-state index contributed by atoms with van der Waals surface area (Å²) in [5.41, 5.74) is 5.17. The summed E-state index contributed by atoms with van der Waals surface area (Å²) in [6, 6.07) is 23.4. The number of rotatable bonds is 7. The number of carbonyl (C=O) groups excluding carboxylic acids is 1. The zero-order valence-corrected chi connectivity index (χ0v) is 17.8. The normalized spacial score (nSPS) is 16.8. The van der Waals surface area contributed by atoms with Gasteiger partial charge in [0.25, 0.3) is 0 Å². The molecule has 0 unspecified atom stereocenters. The molecule has 1 aliphatic carbocycles. The Balaban J connectivity index is 1.52. The maximum atomic E-state index is 12.9. The van der Waals surface area contributed by atoms with Gasteiger partial charge in [-0.15, -0.1) is 0 Å². The standard InChI is InChI=1S/C25H23ClN2O3/c1-2-31-22-14-17(13-21(26)23(22)29)16-27-28-24(30)20-15-25(20,18-9-5-3-6-10-18)19-11-7-4-8-12-19/h3-14,16,20,29H,2,15H2,1H3,(H,28,30)/b27-16-/t20-/m1/s1. The zero-order valence-electron chi connectivity index (χ0n) is 17.1. The lowest BCUT2D eigenvalue weighted by Crippen LogP contribution is -2.25. The Bertz CT molecular complexity index is 1060. The predicted octanol–water partition coefficient (Wildman–Crippen LogP) is 4.90. The van der Waals surface area contributed by atoms with Crippen LogP contribution in [0.3, 0.4) is 0 Å². The third-order valence-electron chi connectivity index (χ3n) is 5.59. The van der Waals surface area contributed by atoms with Crippen LogP contribution in [0, 0.1) is 5.92 Å². The average Bonchev–Trinajstić information content (AvgIpc) is 3.56. The minimum atomic E-state index is -0.341. The Morgan fingerprint density at radius 3 is 2.35 bits per heavy atom. The monoisotopic (exact) mass is 434 g/mol. The molecule has 1 amide bonds. The van der Waals surface area contributed by atoms with E-state index < -0.39 is 0 Å². The summed E-state index contributed by atoms with van der Waals surface area (Å²) in [5.74, 6) is -0.189. The summed E-state index contributed by atoms with van der Waals surface area (Å²) in [5, 5.41) is 14.2. The average molecular weight is 435 g/mol. The fraction of sp³-hybridized carbons (Fsp3) is 0.200. The van der Waals surface area contributed by atoms with E-state index in [-0.39, 0.29) is 33.8 Å². The molecule has 158 valence electrons. The van der Waals surface area contributed by atoms with Crippen LogP contribution < -0.4 is 10.2 Å². The van der Waals surface area contributed by atoms with Crippen molar-refractivity contribution in [2.45, 2.75) is 18.8 Å². The predicted molar refractivity (Wildman–Crippen MR) is 122 cm³/mol. The first-order valence-corrected chi connectivity index (χ1v) is 10.5. The van der Waals surface area contributed by atoms with Gasteiger partial charge in [-0.25, -0.2) is 5.43 Å². The van der Waals surface area contributed by atoms with Crippen molar-refractivity contribution in [2.24, 2.45) is 11.0 Å². The van der Waals surface area contributed by atoms with E-state index in [0.717, 1.165) is 17.5 Å². The second kappa shape index (κ2) is 8.82. The summed E-state index contributed by atoms with van der Waals surface area (Å²) >= 11 is 6.05. The van der Waals surface area contributed by atoms with Crippen molar-refractivity contribution in [1.29, 1.82) is 0 Å². The van der Waals surface area contributed by atoms with E-state index in [0.29, 0.717) is 12.2 Å². The molecule has 1 fully saturated rings. The number of hydrazone groups is 1. The van der Waals surface area contributed by atoms with E-state index in [9.17, 15) is 9.90 Å². The molecular weight excluding hydrogens is 412 g/mol. The molecule has 1 atom stereocenters. The summed E-state index contributed by atoms with van der Waals surface area (Å²) in [7, 11) is 0. The molecular formula is C25H23ClN2O3. The molecule has 1 saturated carbocycles. The molecule has 0 saturated heterocycles. The number of halogens is 1. The molecule has 0 heterocycles. The molecule has 31 heavy (non-hydrogen) atoms. The maximum Gasteiger partial charge on any atom is 0.244 e. The van der Waals surface area contributed by atoms with Gasteiger partial charge >= 0.3 is 0 Å². The van der Waals surface area contributed by atoms with Gasteiger partial charge in [-0.05, 0) is 42.2 Å². The van der Waals surface area contributed by atoms with Gasteiger partial charge in [-0.1, -0.05) is 72.3 Å². The van der Waals surface area contributed by atoms with Crippen molar-refractivity contribution >= 4 is 23.7 Å². The summed E-state index contributed by atoms with van der Waals surface area (Å²) in [4.78, 5) is 12.9. The lowest BCUT2D eigenvalue weighted by molar-refractivity contribution is -0.122. The van der Waals surface area contributed by atoms with Gasteiger partial charge in [-0.3, -0.25) is 4.79 Å². The number of carbonyl (C=O) groups is 1. The van der Waals surface area contributed by atoms with Crippen molar-refractivity contribution in [3.05, 3.63) is 94.5 Å². The molecule has 4 rings (SSSR count). The van der Waals surface area contributed by atoms with E-state index in [1.165, 1.54) is 6.21 Å². The molecule has 0 spiro atoms. The minimum Gasteiger partial charge on any atom is -0.503 e. The third kappa shape index (κ3) is 4.14. The van der Waals surface area contributed by atoms with Crippen molar-refractivity contribution in [2.75, 3.05) is 6.61 Å². The summed E-state index contributed by atoms with van der Waals surface area (Å²) in [6.45, 7) is 2.21. The Hall–Kier alpha value is -3.31. The molecule has 0 aliphatic heterocycles. The number of hydrogen-bond acceptors (Lipinski definition) is 4. The number of phenols is 1. The summed E-state index contributed by atoms with van der Waals surface area (Å²) < 4.78 is 5.38. The second-order valence-corrected chi connectivity index (χ2v) is 7.88. The van der Waals surface area contributed by atoms with Gasteiger partial charge in [0.1, 0.15) is 0 Å². The molecule has 0 bridgehead atoms. The van der Waals surface area contributed by atoms with Crippen LogP contribution in [-0.4, -0.2) is 23.8 Å².